The van der Waals surface area contributed by atoms with Gasteiger partial charge in [-0.15, -0.1) is 0 Å². The van der Waals surface area contributed by atoms with Crippen LogP contribution in [0.1, 0.15) is 5.69 Å². The van der Waals surface area contributed by atoms with Crippen molar-refractivity contribution >= 4 is 17.5 Å². The van der Waals surface area contributed by atoms with E-state index >= 15 is 0 Å². The summed E-state index contributed by atoms with van der Waals surface area (Å²) in [5, 5.41) is 2.86. The lowest BCUT2D eigenvalue weighted by atomic mass is 10.3. The number of ether oxygens (including phenoxy) is 1. The first kappa shape index (κ1) is 16.9. The lowest BCUT2D eigenvalue weighted by Gasteiger charge is -2.35. The Morgan fingerprint density at radius 2 is 2.00 bits per heavy atom. The van der Waals surface area contributed by atoms with Gasteiger partial charge in [0.25, 0.3) is 0 Å². The highest BCUT2D eigenvalue weighted by molar-refractivity contribution is 5.90. The van der Waals surface area contributed by atoms with Crippen LogP contribution in [0.15, 0.2) is 30.5 Å². The molecule has 2 aromatic heterocycles. The Morgan fingerprint density at radius 1 is 1.24 bits per heavy atom. The van der Waals surface area contributed by atoms with E-state index < -0.39 is 0 Å². The molecule has 7 nitrogen and oxygen atoms in total. The first-order valence-electron chi connectivity index (χ1n) is 8.01. The Hall–Kier alpha value is -2.90. The number of rotatable bonds is 3. The highest BCUT2D eigenvalue weighted by Gasteiger charge is 2.23. The summed E-state index contributed by atoms with van der Waals surface area (Å²) in [6.45, 7) is 3.84. The van der Waals surface area contributed by atoms with Crippen molar-refractivity contribution in [3.05, 3.63) is 42.0 Å². The van der Waals surface area contributed by atoms with Crippen molar-refractivity contribution in [2.75, 3.05) is 43.5 Å². The third-order valence-electron chi connectivity index (χ3n) is 4.12. The summed E-state index contributed by atoms with van der Waals surface area (Å²) in [5.74, 6) is 0.486. The average molecular weight is 345 g/mol. The fourth-order valence-corrected chi connectivity index (χ4v) is 2.71. The molecule has 0 spiro atoms. The molecule has 1 aliphatic heterocycles. The van der Waals surface area contributed by atoms with Gasteiger partial charge in [-0.3, -0.25) is 0 Å². The number of carbonyl (C=O) groups excluding carboxylic acids is 1. The molecule has 1 N–H and O–H groups in total. The van der Waals surface area contributed by atoms with Gasteiger partial charge in [-0.2, -0.15) is 0 Å². The topological polar surface area (TPSA) is 70.6 Å². The number of piperazine rings is 1. The fraction of sp³-hybridized carbons (Fsp3) is 0.353. The number of urea groups is 1. The smallest absolute Gasteiger partial charge is 0.322 e. The maximum atomic E-state index is 13.8. The fourth-order valence-electron chi connectivity index (χ4n) is 2.71. The molecule has 1 aliphatic rings. The predicted octanol–water partition coefficient (Wildman–Crippen LogP) is 2.29. The second-order valence-corrected chi connectivity index (χ2v) is 5.70. The van der Waals surface area contributed by atoms with Crippen LogP contribution in [0.3, 0.4) is 0 Å². The van der Waals surface area contributed by atoms with Gasteiger partial charge in [-0.1, -0.05) is 0 Å². The van der Waals surface area contributed by atoms with E-state index in [1.165, 1.54) is 6.07 Å². The first-order valence-corrected chi connectivity index (χ1v) is 8.01. The molecular weight excluding hydrogens is 325 g/mol. The molecule has 132 valence electrons. The van der Waals surface area contributed by atoms with Gasteiger partial charge in [-0.25, -0.2) is 19.2 Å². The number of halogens is 1. The maximum Gasteiger partial charge on any atom is 0.322 e. The predicted molar refractivity (Wildman–Crippen MR) is 92.5 cm³/mol. The Morgan fingerprint density at radius 3 is 2.64 bits per heavy atom. The summed E-state index contributed by atoms with van der Waals surface area (Å²) in [7, 11) is 1.55. The van der Waals surface area contributed by atoms with Crippen LogP contribution in [-0.4, -0.2) is 54.2 Å². The van der Waals surface area contributed by atoms with Crippen molar-refractivity contribution < 1.29 is 13.9 Å². The molecule has 2 aromatic rings. The lowest BCUT2D eigenvalue weighted by molar-refractivity contribution is 0.208. The third-order valence-corrected chi connectivity index (χ3v) is 4.12. The lowest BCUT2D eigenvalue weighted by Crippen LogP contribution is -2.50. The van der Waals surface area contributed by atoms with Crippen molar-refractivity contribution in [1.82, 2.24) is 14.9 Å². The van der Waals surface area contributed by atoms with E-state index in [4.69, 9.17) is 4.74 Å². The van der Waals surface area contributed by atoms with Crippen molar-refractivity contribution in [3.8, 4) is 5.88 Å². The van der Waals surface area contributed by atoms with Crippen LogP contribution in [0.4, 0.5) is 20.7 Å². The van der Waals surface area contributed by atoms with Gasteiger partial charge < -0.3 is 19.9 Å². The number of carbonyl (C=O) groups is 1. The number of hydrogen-bond acceptors (Lipinski definition) is 5. The number of hydrogen-bond donors (Lipinski definition) is 1. The number of anilines is 2. The second-order valence-electron chi connectivity index (χ2n) is 5.70. The van der Waals surface area contributed by atoms with Gasteiger partial charge in [-0.05, 0) is 25.1 Å². The van der Waals surface area contributed by atoms with Gasteiger partial charge in [0.1, 0.15) is 0 Å². The molecule has 0 saturated carbocycles. The molecule has 3 heterocycles. The minimum atomic E-state index is -0.347. The molecule has 3 rings (SSSR count). The molecule has 0 aromatic carbocycles. The van der Waals surface area contributed by atoms with E-state index in [1.54, 1.807) is 43.3 Å². The zero-order valence-electron chi connectivity index (χ0n) is 14.2. The standard InChI is InChI=1S/C17H20FN5O2/c1-12-14(5-6-15(20-12)25-2)21-17(24)23-10-8-22(9-11-23)16-13(18)4-3-7-19-16/h3-7H,8-11H2,1-2H3,(H,21,24). The van der Waals surface area contributed by atoms with Gasteiger partial charge in [0, 0.05) is 38.4 Å². The normalized spacial score (nSPS) is 14.4. The number of nitrogens with zero attached hydrogens (tertiary/aromatic N) is 4. The summed E-state index contributed by atoms with van der Waals surface area (Å²) in [5.41, 5.74) is 1.32. The van der Waals surface area contributed by atoms with Crippen molar-refractivity contribution in [1.29, 1.82) is 0 Å². The highest BCUT2D eigenvalue weighted by Crippen LogP contribution is 2.19. The van der Waals surface area contributed by atoms with Crippen LogP contribution in [-0.2, 0) is 0 Å². The Balaban J connectivity index is 1.59. The second kappa shape index (κ2) is 7.33. The van der Waals surface area contributed by atoms with E-state index in [1.807, 2.05) is 4.90 Å². The molecule has 0 aliphatic carbocycles. The minimum absolute atomic E-state index is 0.198. The Kier molecular flexibility index (Phi) is 4.97. The van der Waals surface area contributed by atoms with E-state index in [-0.39, 0.29) is 11.8 Å². The monoisotopic (exact) mass is 345 g/mol. The van der Waals surface area contributed by atoms with Crippen LogP contribution in [0.25, 0.3) is 0 Å². The molecule has 0 unspecified atom stereocenters. The van der Waals surface area contributed by atoms with E-state index in [0.29, 0.717) is 49.3 Å². The van der Waals surface area contributed by atoms with Crippen molar-refractivity contribution in [2.45, 2.75) is 6.92 Å². The highest BCUT2D eigenvalue weighted by atomic mass is 19.1. The summed E-state index contributed by atoms with van der Waals surface area (Å²) in [4.78, 5) is 24.3. The summed E-state index contributed by atoms with van der Waals surface area (Å²) < 4.78 is 18.9. The zero-order chi connectivity index (χ0) is 17.8. The number of pyridine rings is 2. The van der Waals surface area contributed by atoms with E-state index in [9.17, 15) is 9.18 Å². The van der Waals surface area contributed by atoms with Crippen LogP contribution in [0, 0.1) is 12.7 Å². The van der Waals surface area contributed by atoms with Gasteiger partial charge >= 0.3 is 6.03 Å². The number of aryl methyl sites for hydroxylation is 1. The average Bonchev–Trinajstić information content (AvgIpc) is 2.64. The number of nitrogens with one attached hydrogen (secondary N) is 1. The van der Waals surface area contributed by atoms with Gasteiger partial charge in [0.15, 0.2) is 11.6 Å². The maximum absolute atomic E-state index is 13.8. The van der Waals surface area contributed by atoms with Crippen LogP contribution >= 0.6 is 0 Å². The number of amides is 2. The summed E-state index contributed by atoms with van der Waals surface area (Å²) in [6, 6.07) is 6.22. The quantitative estimate of drug-likeness (QED) is 0.924. The summed E-state index contributed by atoms with van der Waals surface area (Å²) in [6.07, 6.45) is 1.57. The summed E-state index contributed by atoms with van der Waals surface area (Å²) >= 11 is 0. The van der Waals surface area contributed by atoms with Gasteiger partial charge in [0.2, 0.25) is 5.88 Å². The Bertz CT molecular complexity index is 762. The third kappa shape index (κ3) is 3.78. The number of aromatic nitrogens is 2. The van der Waals surface area contributed by atoms with E-state index in [2.05, 4.69) is 15.3 Å². The molecule has 25 heavy (non-hydrogen) atoms. The molecule has 0 radical (unpaired) electrons. The van der Waals surface area contributed by atoms with Gasteiger partial charge in [0.05, 0.1) is 18.5 Å². The van der Waals surface area contributed by atoms with Crippen molar-refractivity contribution in [3.63, 3.8) is 0 Å². The minimum Gasteiger partial charge on any atom is -0.481 e. The van der Waals surface area contributed by atoms with Crippen LogP contribution in [0.2, 0.25) is 0 Å². The molecule has 0 bridgehead atoms. The largest absolute Gasteiger partial charge is 0.481 e. The molecule has 1 saturated heterocycles. The Labute approximate surface area is 145 Å². The first-order chi connectivity index (χ1) is 12.1. The SMILES string of the molecule is COc1ccc(NC(=O)N2CCN(c3ncccc3F)CC2)c(C)n1. The zero-order valence-corrected chi connectivity index (χ0v) is 14.2. The van der Waals surface area contributed by atoms with Crippen LogP contribution < -0.4 is 15.0 Å². The number of methoxy groups -OCH3 is 1. The van der Waals surface area contributed by atoms with Crippen LogP contribution in [0.5, 0.6) is 5.88 Å². The van der Waals surface area contributed by atoms with E-state index in [0.717, 1.165) is 0 Å². The van der Waals surface area contributed by atoms with Crippen molar-refractivity contribution in [2.24, 2.45) is 0 Å². The molecule has 0 atom stereocenters. The molecular formula is C17H20FN5O2. The molecule has 2 amide bonds. The molecule has 8 heteroatoms. The molecule has 1 fully saturated rings.